The van der Waals surface area contributed by atoms with Crippen LogP contribution in [-0.4, -0.2) is 62.8 Å². The Balaban J connectivity index is 0.000000486. The molecule has 0 amide bonds. The van der Waals surface area contributed by atoms with Crippen LogP contribution in [0.2, 0.25) is 0 Å². The third-order valence-corrected chi connectivity index (χ3v) is 2.18. The van der Waals surface area contributed by atoms with Gasteiger partial charge in [-0.05, 0) is 18.2 Å². The van der Waals surface area contributed by atoms with E-state index in [-0.39, 0.29) is 13.2 Å². The van der Waals surface area contributed by atoms with Gasteiger partial charge in [-0.15, -0.1) is 0 Å². The lowest BCUT2D eigenvalue weighted by molar-refractivity contribution is 0.0599. The highest BCUT2D eigenvalue weighted by Gasteiger charge is 2.09. The number of benzene rings is 1. The molecule has 0 bridgehead atoms. The number of carbonyl (C=O) groups is 2. The minimum atomic E-state index is -0.476. The van der Waals surface area contributed by atoms with Crippen LogP contribution in [0.5, 0.6) is 0 Å². The van der Waals surface area contributed by atoms with Crippen molar-refractivity contribution in [2.75, 3.05) is 40.6 Å². The molecule has 0 aliphatic carbocycles. The van der Waals surface area contributed by atoms with Crippen LogP contribution in [0.3, 0.4) is 0 Å². The summed E-state index contributed by atoms with van der Waals surface area (Å²) in [5.41, 5.74) is 0.658. The van der Waals surface area contributed by atoms with Gasteiger partial charge in [-0.25, -0.2) is 9.59 Å². The van der Waals surface area contributed by atoms with E-state index in [0.717, 1.165) is 0 Å². The lowest BCUT2D eigenvalue weighted by Gasteiger charge is -2.01. The van der Waals surface area contributed by atoms with Crippen molar-refractivity contribution in [1.29, 1.82) is 0 Å². The van der Waals surface area contributed by atoms with Crippen molar-refractivity contribution in [1.82, 2.24) is 0 Å². The predicted octanol–water partition coefficient (Wildman–Crippen LogP) is 0.247. The fourth-order valence-electron chi connectivity index (χ4n) is 1.24. The fraction of sp³-hybridized carbons (Fsp3) is 0.429. The highest BCUT2D eigenvalue weighted by atomic mass is 16.5. The van der Waals surface area contributed by atoms with Gasteiger partial charge in [0.25, 0.3) is 0 Å². The second-order valence-corrected chi connectivity index (χ2v) is 3.62. The summed E-state index contributed by atoms with van der Waals surface area (Å²) < 4.78 is 13.7. The molecule has 7 nitrogen and oxygen atoms in total. The monoisotopic (exact) mass is 300 g/mol. The number of carbonyl (C=O) groups excluding carboxylic acids is 2. The number of ether oxygens (including phenoxy) is 3. The standard InChI is InChI=1S/C10H10O4.C4H10O3/c1-13-9(11)7-4-3-5-8(6-7)10(12)14-2;5-1-3-7-4-2-6/h3-6H,1-2H3;5-6H,1-4H2. The molecular formula is C14H20O7. The maximum atomic E-state index is 11.1. The Morgan fingerprint density at radius 3 is 1.71 bits per heavy atom. The van der Waals surface area contributed by atoms with E-state index in [1.54, 1.807) is 18.2 Å². The van der Waals surface area contributed by atoms with E-state index in [1.165, 1.54) is 20.3 Å². The van der Waals surface area contributed by atoms with Gasteiger partial charge in [-0.1, -0.05) is 6.07 Å². The molecular weight excluding hydrogens is 280 g/mol. The van der Waals surface area contributed by atoms with E-state index in [9.17, 15) is 9.59 Å². The number of esters is 2. The van der Waals surface area contributed by atoms with Crippen LogP contribution >= 0.6 is 0 Å². The zero-order chi connectivity index (χ0) is 16.1. The summed E-state index contributed by atoms with van der Waals surface area (Å²) in [6.07, 6.45) is 0. The van der Waals surface area contributed by atoms with Crippen LogP contribution < -0.4 is 0 Å². The summed E-state index contributed by atoms with van der Waals surface area (Å²) in [5, 5.41) is 16.2. The van der Waals surface area contributed by atoms with Crippen molar-refractivity contribution in [2.45, 2.75) is 0 Å². The zero-order valence-electron chi connectivity index (χ0n) is 12.1. The summed E-state index contributed by atoms with van der Waals surface area (Å²) in [6.45, 7) is 0.696. The van der Waals surface area contributed by atoms with Gasteiger partial charge in [0.15, 0.2) is 0 Å². The minimum absolute atomic E-state index is 0.0278. The number of hydrogen-bond donors (Lipinski definition) is 2. The van der Waals surface area contributed by atoms with Gasteiger partial charge in [0, 0.05) is 0 Å². The van der Waals surface area contributed by atoms with Gasteiger partial charge >= 0.3 is 11.9 Å². The van der Waals surface area contributed by atoms with E-state index in [0.29, 0.717) is 24.3 Å². The molecule has 0 heterocycles. The summed E-state index contributed by atoms with van der Waals surface area (Å²) in [7, 11) is 2.57. The zero-order valence-corrected chi connectivity index (χ0v) is 12.1. The predicted molar refractivity (Wildman–Crippen MR) is 74.1 cm³/mol. The van der Waals surface area contributed by atoms with Gasteiger partial charge in [0.2, 0.25) is 0 Å². The van der Waals surface area contributed by atoms with Gasteiger partial charge in [-0.2, -0.15) is 0 Å². The third-order valence-electron chi connectivity index (χ3n) is 2.18. The first-order valence-corrected chi connectivity index (χ1v) is 6.16. The molecule has 0 aliphatic rings. The van der Waals surface area contributed by atoms with E-state index in [4.69, 9.17) is 10.2 Å². The number of aliphatic hydroxyl groups is 2. The fourth-order valence-corrected chi connectivity index (χ4v) is 1.24. The molecule has 0 aromatic heterocycles. The Morgan fingerprint density at radius 2 is 1.38 bits per heavy atom. The molecule has 118 valence electrons. The highest BCUT2D eigenvalue weighted by molar-refractivity contribution is 5.95. The molecule has 7 heteroatoms. The average Bonchev–Trinajstić information content (AvgIpc) is 2.54. The molecule has 1 aromatic carbocycles. The Hall–Kier alpha value is -1.96. The van der Waals surface area contributed by atoms with Crippen LogP contribution in [0.1, 0.15) is 20.7 Å². The highest BCUT2D eigenvalue weighted by Crippen LogP contribution is 2.07. The van der Waals surface area contributed by atoms with E-state index in [2.05, 4.69) is 14.2 Å². The lowest BCUT2D eigenvalue weighted by Crippen LogP contribution is -2.05. The Labute approximate surface area is 123 Å². The van der Waals surface area contributed by atoms with Gasteiger partial charge in [-0.3, -0.25) is 0 Å². The molecule has 0 fully saturated rings. The maximum absolute atomic E-state index is 11.1. The third kappa shape index (κ3) is 8.03. The van der Waals surface area contributed by atoms with Gasteiger partial charge < -0.3 is 24.4 Å². The minimum Gasteiger partial charge on any atom is -0.465 e. The van der Waals surface area contributed by atoms with Crippen molar-refractivity contribution in [2.24, 2.45) is 0 Å². The van der Waals surface area contributed by atoms with Crippen LogP contribution in [0, 0.1) is 0 Å². The molecule has 0 spiro atoms. The van der Waals surface area contributed by atoms with Crippen molar-refractivity contribution >= 4 is 11.9 Å². The smallest absolute Gasteiger partial charge is 0.337 e. The van der Waals surface area contributed by atoms with Crippen LogP contribution in [0.15, 0.2) is 24.3 Å². The molecule has 2 N–H and O–H groups in total. The number of aliphatic hydroxyl groups excluding tert-OH is 2. The van der Waals surface area contributed by atoms with E-state index >= 15 is 0 Å². The molecule has 0 unspecified atom stereocenters. The largest absolute Gasteiger partial charge is 0.465 e. The van der Waals surface area contributed by atoms with E-state index < -0.39 is 11.9 Å². The summed E-state index contributed by atoms with van der Waals surface area (Å²) in [4.78, 5) is 22.2. The second-order valence-electron chi connectivity index (χ2n) is 3.62. The first kappa shape index (κ1) is 19.0. The van der Waals surface area contributed by atoms with Crippen molar-refractivity contribution in [3.8, 4) is 0 Å². The van der Waals surface area contributed by atoms with Gasteiger partial charge in [0.1, 0.15) is 0 Å². The SMILES string of the molecule is COC(=O)c1cccc(C(=O)OC)c1.OCCOCCO. The average molecular weight is 300 g/mol. The van der Waals surface area contributed by atoms with Crippen LogP contribution in [-0.2, 0) is 14.2 Å². The Kier molecular flexibility index (Phi) is 10.7. The van der Waals surface area contributed by atoms with E-state index in [1.807, 2.05) is 0 Å². The summed E-state index contributed by atoms with van der Waals surface area (Å²) in [6, 6.07) is 6.16. The Morgan fingerprint density at radius 1 is 0.952 bits per heavy atom. The lowest BCUT2D eigenvalue weighted by atomic mass is 10.1. The summed E-state index contributed by atoms with van der Waals surface area (Å²) in [5.74, 6) is -0.952. The quantitative estimate of drug-likeness (QED) is 0.573. The van der Waals surface area contributed by atoms with Crippen molar-refractivity contribution in [3.63, 3.8) is 0 Å². The second kappa shape index (κ2) is 11.8. The molecule has 0 aliphatic heterocycles. The summed E-state index contributed by atoms with van der Waals surface area (Å²) >= 11 is 0. The molecule has 0 saturated heterocycles. The number of hydrogen-bond acceptors (Lipinski definition) is 7. The topological polar surface area (TPSA) is 102 Å². The van der Waals surface area contributed by atoms with Crippen LogP contribution in [0.4, 0.5) is 0 Å². The molecule has 1 aromatic rings. The molecule has 0 atom stereocenters. The normalized spacial score (nSPS) is 9.33. The van der Waals surface area contributed by atoms with Crippen molar-refractivity contribution in [3.05, 3.63) is 35.4 Å². The molecule has 1 rings (SSSR count). The first-order chi connectivity index (χ1) is 10.1. The molecule has 0 saturated carbocycles. The Bertz CT molecular complexity index is 396. The van der Waals surface area contributed by atoms with Gasteiger partial charge in [0.05, 0.1) is 51.8 Å². The number of rotatable bonds is 6. The van der Waals surface area contributed by atoms with Crippen molar-refractivity contribution < 1.29 is 34.0 Å². The molecule has 21 heavy (non-hydrogen) atoms. The maximum Gasteiger partial charge on any atom is 0.337 e. The molecule has 0 radical (unpaired) electrons. The number of methoxy groups -OCH3 is 2. The van der Waals surface area contributed by atoms with Crippen LogP contribution in [0.25, 0.3) is 0 Å². The first-order valence-electron chi connectivity index (χ1n) is 6.16.